The molecule has 0 fully saturated rings. The van der Waals surface area contributed by atoms with Crippen molar-refractivity contribution in [2.24, 2.45) is 0 Å². The Labute approximate surface area is 112 Å². The number of aryl methyl sites for hydroxylation is 2. The number of nitrogens with one attached hydrogen (secondary N) is 1. The third kappa shape index (κ3) is 2.92. The third-order valence-electron chi connectivity index (χ3n) is 3.05. The van der Waals surface area contributed by atoms with E-state index in [4.69, 9.17) is 16.1 Å². The van der Waals surface area contributed by atoms with E-state index in [-0.39, 0.29) is 6.04 Å². The Morgan fingerprint density at radius 2 is 1.94 bits per heavy atom. The Balaban J connectivity index is 2.00. The van der Waals surface area contributed by atoms with Gasteiger partial charge in [-0.15, -0.1) is 0 Å². The number of hydrogen-bond donors (Lipinski definition) is 1. The number of aromatic nitrogens is 1. The fourth-order valence-electron chi connectivity index (χ4n) is 2.08. The fourth-order valence-corrected chi connectivity index (χ4v) is 2.21. The Bertz CT molecular complexity index is 500. The minimum Gasteiger partial charge on any atom is -0.361 e. The van der Waals surface area contributed by atoms with Crippen molar-refractivity contribution >= 4 is 11.6 Å². The van der Waals surface area contributed by atoms with Crippen molar-refractivity contribution in [3.05, 3.63) is 51.9 Å². The molecule has 0 saturated carbocycles. The Morgan fingerprint density at radius 3 is 2.50 bits per heavy atom. The Morgan fingerprint density at radius 1 is 1.28 bits per heavy atom. The number of rotatable bonds is 4. The van der Waals surface area contributed by atoms with Crippen LogP contribution in [0, 0.1) is 13.8 Å². The highest BCUT2D eigenvalue weighted by molar-refractivity contribution is 6.30. The van der Waals surface area contributed by atoms with Crippen molar-refractivity contribution in [2.75, 3.05) is 0 Å². The van der Waals surface area contributed by atoms with Gasteiger partial charge in [0.15, 0.2) is 0 Å². The molecule has 0 aliphatic heterocycles. The molecule has 2 aromatic rings. The van der Waals surface area contributed by atoms with E-state index in [1.165, 1.54) is 5.56 Å². The first-order valence-corrected chi connectivity index (χ1v) is 6.36. The number of hydrogen-bond acceptors (Lipinski definition) is 3. The zero-order chi connectivity index (χ0) is 13.1. The standard InChI is InChI=1S/C14H17ClN2O/c1-9(14-10(2)17-18-11(14)3)16-8-12-4-6-13(15)7-5-12/h4-7,9,16H,8H2,1-3H3. The van der Waals surface area contributed by atoms with Gasteiger partial charge in [-0.05, 0) is 38.5 Å². The van der Waals surface area contributed by atoms with Gasteiger partial charge in [-0.1, -0.05) is 28.9 Å². The zero-order valence-electron chi connectivity index (χ0n) is 10.8. The van der Waals surface area contributed by atoms with Gasteiger partial charge in [0.2, 0.25) is 0 Å². The van der Waals surface area contributed by atoms with Gasteiger partial charge in [0.1, 0.15) is 5.76 Å². The Kier molecular flexibility index (Phi) is 4.04. The van der Waals surface area contributed by atoms with Gasteiger partial charge in [0, 0.05) is 23.2 Å². The summed E-state index contributed by atoms with van der Waals surface area (Å²) in [5.74, 6) is 0.878. The van der Waals surface area contributed by atoms with Crippen LogP contribution in [0.15, 0.2) is 28.8 Å². The van der Waals surface area contributed by atoms with Gasteiger partial charge in [-0.3, -0.25) is 0 Å². The highest BCUT2D eigenvalue weighted by Gasteiger charge is 2.15. The SMILES string of the molecule is Cc1noc(C)c1C(C)NCc1ccc(Cl)cc1. The number of benzene rings is 1. The summed E-state index contributed by atoms with van der Waals surface area (Å²) in [6.45, 7) is 6.81. The van der Waals surface area contributed by atoms with Crippen LogP contribution in [0.2, 0.25) is 5.02 Å². The average molecular weight is 265 g/mol. The van der Waals surface area contributed by atoms with Gasteiger partial charge in [0.25, 0.3) is 0 Å². The zero-order valence-corrected chi connectivity index (χ0v) is 11.6. The van der Waals surface area contributed by atoms with Crippen molar-refractivity contribution in [1.29, 1.82) is 0 Å². The van der Waals surface area contributed by atoms with Gasteiger partial charge in [-0.25, -0.2) is 0 Å². The van der Waals surface area contributed by atoms with Crippen LogP contribution in [0.5, 0.6) is 0 Å². The molecule has 3 nitrogen and oxygen atoms in total. The lowest BCUT2D eigenvalue weighted by Crippen LogP contribution is -2.19. The molecule has 0 bridgehead atoms. The normalized spacial score (nSPS) is 12.7. The predicted octanol–water partition coefficient (Wildman–Crippen LogP) is 3.80. The van der Waals surface area contributed by atoms with Crippen molar-refractivity contribution in [2.45, 2.75) is 33.4 Å². The molecule has 2 rings (SSSR count). The number of nitrogens with zero attached hydrogens (tertiary/aromatic N) is 1. The molecule has 1 aromatic carbocycles. The molecule has 96 valence electrons. The van der Waals surface area contributed by atoms with E-state index in [2.05, 4.69) is 17.4 Å². The molecule has 4 heteroatoms. The molecule has 0 saturated heterocycles. The average Bonchev–Trinajstić information content (AvgIpc) is 2.68. The van der Waals surface area contributed by atoms with Crippen molar-refractivity contribution in [3.63, 3.8) is 0 Å². The lowest BCUT2D eigenvalue weighted by molar-refractivity contribution is 0.390. The predicted molar refractivity (Wildman–Crippen MR) is 72.7 cm³/mol. The maximum Gasteiger partial charge on any atom is 0.138 e. The summed E-state index contributed by atoms with van der Waals surface area (Å²) in [5.41, 5.74) is 3.30. The summed E-state index contributed by atoms with van der Waals surface area (Å²) >= 11 is 5.86. The van der Waals surface area contributed by atoms with Crippen LogP contribution < -0.4 is 5.32 Å². The van der Waals surface area contributed by atoms with E-state index in [9.17, 15) is 0 Å². The molecule has 0 aliphatic rings. The van der Waals surface area contributed by atoms with Crippen molar-refractivity contribution in [1.82, 2.24) is 10.5 Å². The van der Waals surface area contributed by atoms with Crippen LogP contribution in [-0.4, -0.2) is 5.16 Å². The molecule has 1 heterocycles. The molecule has 1 atom stereocenters. The summed E-state index contributed by atoms with van der Waals surface area (Å²) in [7, 11) is 0. The van der Waals surface area contributed by atoms with E-state index in [0.29, 0.717) is 0 Å². The summed E-state index contributed by atoms with van der Waals surface area (Å²) in [4.78, 5) is 0. The first-order valence-electron chi connectivity index (χ1n) is 5.98. The molecule has 1 N–H and O–H groups in total. The highest BCUT2D eigenvalue weighted by atomic mass is 35.5. The lowest BCUT2D eigenvalue weighted by Gasteiger charge is -2.13. The van der Waals surface area contributed by atoms with E-state index < -0.39 is 0 Å². The summed E-state index contributed by atoms with van der Waals surface area (Å²) < 4.78 is 5.18. The smallest absolute Gasteiger partial charge is 0.138 e. The fraction of sp³-hybridized carbons (Fsp3) is 0.357. The van der Waals surface area contributed by atoms with Crippen molar-refractivity contribution < 1.29 is 4.52 Å². The molecular weight excluding hydrogens is 248 g/mol. The van der Waals surface area contributed by atoms with E-state index in [1.807, 2.05) is 38.1 Å². The largest absolute Gasteiger partial charge is 0.361 e. The third-order valence-corrected chi connectivity index (χ3v) is 3.30. The van der Waals surface area contributed by atoms with Crippen LogP contribution in [0.3, 0.4) is 0 Å². The second kappa shape index (κ2) is 5.55. The second-order valence-electron chi connectivity index (χ2n) is 4.47. The van der Waals surface area contributed by atoms with Gasteiger partial charge >= 0.3 is 0 Å². The van der Waals surface area contributed by atoms with Gasteiger partial charge in [-0.2, -0.15) is 0 Å². The minimum atomic E-state index is 0.215. The molecule has 1 aromatic heterocycles. The summed E-state index contributed by atoms with van der Waals surface area (Å²) in [5, 5.41) is 8.19. The van der Waals surface area contributed by atoms with E-state index >= 15 is 0 Å². The van der Waals surface area contributed by atoms with Crippen LogP contribution in [0.1, 0.15) is 35.5 Å². The second-order valence-corrected chi connectivity index (χ2v) is 4.90. The molecule has 0 amide bonds. The van der Waals surface area contributed by atoms with Crippen LogP contribution >= 0.6 is 11.6 Å². The first kappa shape index (κ1) is 13.1. The molecule has 1 unspecified atom stereocenters. The van der Waals surface area contributed by atoms with Gasteiger partial charge in [0.05, 0.1) is 5.69 Å². The van der Waals surface area contributed by atoms with Crippen LogP contribution in [0.4, 0.5) is 0 Å². The summed E-state index contributed by atoms with van der Waals surface area (Å²) in [6.07, 6.45) is 0. The Hall–Kier alpha value is -1.32. The highest BCUT2D eigenvalue weighted by Crippen LogP contribution is 2.21. The summed E-state index contributed by atoms with van der Waals surface area (Å²) in [6, 6.07) is 8.07. The topological polar surface area (TPSA) is 38.1 Å². The molecule has 18 heavy (non-hydrogen) atoms. The quantitative estimate of drug-likeness (QED) is 0.913. The molecule has 0 radical (unpaired) electrons. The maximum absolute atomic E-state index is 5.86. The van der Waals surface area contributed by atoms with Crippen molar-refractivity contribution in [3.8, 4) is 0 Å². The van der Waals surface area contributed by atoms with E-state index in [1.54, 1.807) is 0 Å². The first-order chi connectivity index (χ1) is 8.58. The van der Waals surface area contributed by atoms with E-state index in [0.717, 1.165) is 28.6 Å². The lowest BCUT2D eigenvalue weighted by atomic mass is 10.1. The van der Waals surface area contributed by atoms with Crippen LogP contribution in [-0.2, 0) is 6.54 Å². The van der Waals surface area contributed by atoms with Gasteiger partial charge < -0.3 is 9.84 Å². The maximum atomic E-state index is 5.86. The monoisotopic (exact) mass is 264 g/mol. The molecule has 0 aliphatic carbocycles. The number of halogens is 1. The molecular formula is C14H17ClN2O. The minimum absolute atomic E-state index is 0.215. The molecule has 0 spiro atoms. The van der Waals surface area contributed by atoms with Crippen LogP contribution in [0.25, 0.3) is 0 Å².